The van der Waals surface area contributed by atoms with Gasteiger partial charge in [-0.25, -0.2) is 13.8 Å². The molecular weight excluding hydrogens is 316 g/mol. The summed E-state index contributed by atoms with van der Waals surface area (Å²) in [5.41, 5.74) is 1.20. The normalized spacial score (nSPS) is 15.2. The van der Waals surface area contributed by atoms with Gasteiger partial charge in [0, 0.05) is 35.0 Å². The number of aliphatic hydroxyl groups is 1. The van der Waals surface area contributed by atoms with Gasteiger partial charge in [-0.15, -0.1) is 0 Å². The summed E-state index contributed by atoms with van der Waals surface area (Å²) in [6, 6.07) is 3.86. The molecule has 3 N–H and O–H groups in total. The van der Waals surface area contributed by atoms with E-state index in [1.807, 2.05) is 0 Å². The maximum Gasteiger partial charge on any atom is 0.212 e. The van der Waals surface area contributed by atoms with Gasteiger partial charge in [0.1, 0.15) is 23.7 Å². The molecule has 0 radical (unpaired) electrons. The average Bonchev–Trinajstić information content (AvgIpc) is 3.33. The lowest BCUT2D eigenvalue weighted by Crippen LogP contribution is -2.24. The lowest BCUT2D eigenvalue weighted by atomic mass is 10.0. The zero-order chi connectivity index (χ0) is 17.3. The van der Waals surface area contributed by atoms with E-state index in [1.54, 1.807) is 13.0 Å². The Kier molecular flexibility index (Phi) is 4.55. The van der Waals surface area contributed by atoms with E-state index in [0.29, 0.717) is 23.4 Å². The molecule has 1 aromatic carbocycles. The van der Waals surface area contributed by atoms with Gasteiger partial charge < -0.3 is 10.4 Å². The number of hydrogen-bond acceptors (Lipinski definition) is 4. The minimum absolute atomic E-state index is 0.00829. The molecule has 126 valence electrons. The smallest absolute Gasteiger partial charge is 0.212 e. The lowest BCUT2D eigenvalue weighted by molar-refractivity contribution is -0.105. The van der Waals surface area contributed by atoms with Gasteiger partial charge in [-0.1, -0.05) is 0 Å². The molecule has 0 bridgehead atoms. The first kappa shape index (κ1) is 16.5. The molecule has 1 aliphatic rings. The third-order valence-electron chi connectivity index (χ3n) is 3.94. The third-order valence-corrected chi connectivity index (χ3v) is 3.94. The van der Waals surface area contributed by atoms with E-state index >= 15 is 0 Å². The Bertz CT molecular complexity index is 779. The van der Waals surface area contributed by atoms with Crippen LogP contribution >= 0.6 is 0 Å². The molecule has 7 heteroatoms. The van der Waals surface area contributed by atoms with E-state index in [2.05, 4.69) is 15.6 Å². The predicted molar refractivity (Wildman–Crippen MR) is 85.1 cm³/mol. The van der Waals surface area contributed by atoms with Crippen molar-refractivity contribution < 1.29 is 18.7 Å². The predicted octanol–water partition coefficient (Wildman–Crippen LogP) is 2.65. The number of aryl methyl sites for hydroxylation is 1. The number of benzene rings is 1. The number of carbonyl (C=O) groups excluding carboxylic acids is 1. The van der Waals surface area contributed by atoms with Crippen molar-refractivity contribution in [3.8, 4) is 11.1 Å². The molecule has 1 aromatic heterocycles. The maximum absolute atomic E-state index is 14.2. The number of rotatable bonds is 6. The fraction of sp³-hybridized carbons (Fsp3) is 0.294. The summed E-state index contributed by atoms with van der Waals surface area (Å²) in [6.45, 7) is 1.72. The summed E-state index contributed by atoms with van der Waals surface area (Å²) < 4.78 is 28.2. The summed E-state index contributed by atoms with van der Waals surface area (Å²) in [4.78, 5) is 14.6. The standard InChI is InChI=1S/C17H17F2N3O2/c1-9-4-10(7-20-16(9)21-8-23)12-5-13(15(19)6-14(12)18)17(24)22-11-2-3-11/h4-8,11,17,22,24H,2-3H2,1H3,(H,20,21,23). The Morgan fingerprint density at radius 3 is 2.67 bits per heavy atom. The number of halogens is 2. The molecule has 5 nitrogen and oxygen atoms in total. The number of amides is 1. The third kappa shape index (κ3) is 3.42. The highest BCUT2D eigenvalue weighted by Crippen LogP contribution is 2.30. The highest BCUT2D eigenvalue weighted by molar-refractivity contribution is 5.73. The number of hydrogen-bond donors (Lipinski definition) is 3. The monoisotopic (exact) mass is 333 g/mol. The van der Waals surface area contributed by atoms with Gasteiger partial charge in [-0.2, -0.15) is 0 Å². The van der Waals surface area contributed by atoms with Gasteiger partial charge in [0.25, 0.3) is 0 Å². The van der Waals surface area contributed by atoms with Gasteiger partial charge in [-0.05, 0) is 37.5 Å². The van der Waals surface area contributed by atoms with E-state index in [1.165, 1.54) is 12.3 Å². The van der Waals surface area contributed by atoms with Crippen LogP contribution in [0.15, 0.2) is 24.4 Å². The highest BCUT2D eigenvalue weighted by Gasteiger charge is 2.26. The number of aromatic nitrogens is 1. The van der Waals surface area contributed by atoms with E-state index in [0.717, 1.165) is 18.9 Å². The first-order valence-electron chi connectivity index (χ1n) is 7.60. The van der Waals surface area contributed by atoms with Crippen LogP contribution in [-0.2, 0) is 4.79 Å². The second kappa shape index (κ2) is 6.62. The summed E-state index contributed by atoms with van der Waals surface area (Å²) in [5, 5.41) is 15.4. The Labute approximate surface area is 137 Å². The summed E-state index contributed by atoms with van der Waals surface area (Å²) in [5.74, 6) is -1.18. The van der Waals surface area contributed by atoms with E-state index in [4.69, 9.17) is 0 Å². The van der Waals surface area contributed by atoms with Crippen LogP contribution in [-0.4, -0.2) is 22.5 Å². The molecule has 24 heavy (non-hydrogen) atoms. The maximum atomic E-state index is 14.2. The average molecular weight is 333 g/mol. The van der Waals surface area contributed by atoms with Crippen molar-refractivity contribution in [1.82, 2.24) is 10.3 Å². The number of pyridine rings is 1. The molecule has 1 amide bonds. The summed E-state index contributed by atoms with van der Waals surface area (Å²) in [7, 11) is 0. The Balaban J connectivity index is 1.97. The molecule has 0 spiro atoms. The van der Waals surface area contributed by atoms with E-state index in [9.17, 15) is 18.7 Å². The quantitative estimate of drug-likeness (QED) is 0.561. The van der Waals surface area contributed by atoms with Crippen LogP contribution in [0.3, 0.4) is 0 Å². The van der Waals surface area contributed by atoms with Gasteiger partial charge >= 0.3 is 0 Å². The molecule has 0 aliphatic heterocycles. The topological polar surface area (TPSA) is 74.2 Å². The van der Waals surface area contributed by atoms with Crippen molar-refractivity contribution in [2.75, 3.05) is 5.32 Å². The highest BCUT2D eigenvalue weighted by atomic mass is 19.1. The fourth-order valence-corrected chi connectivity index (χ4v) is 2.49. The molecule has 1 fully saturated rings. The molecule has 3 rings (SSSR count). The van der Waals surface area contributed by atoms with Crippen LogP contribution in [0.25, 0.3) is 11.1 Å². The largest absolute Gasteiger partial charge is 0.374 e. The van der Waals surface area contributed by atoms with Crippen LogP contribution < -0.4 is 10.6 Å². The molecule has 1 atom stereocenters. The lowest BCUT2D eigenvalue weighted by Gasteiger charge is -2.16. The molecule has 0 saturated heterocycles. The Morgan fingerprint density at radius 1 is 1.29 bits per heavy atom. The molecule has 2 aromatic rings. The van der Waals surface area contributed by atoms with Gasteiger partial charge in [0.2, 0.25) is 6.41 Å². The minimum Gasteiger partial charge on any atom is -0.374 e. The van der Waals surface area contributed by atoms with E-state index < -0.39 is 17.9 Å². The van der Waals surface area contributed by atoms with Crippen LogP contribution in [0.1, 0.15) is 30.2 Å². The molecule has 1 saturated carbocycles. The van der Waals surface area contributed by atoms with Crippen LogP contribution in [0.4, 0.5) is 14.6 Å². The molecule has 1 unspecified atom stereocenters. The van der Waals surface area contributed by atoms with Gasteiger partial charge in [-0.3, -0.25) is 10.1 Å². The minimum atomic E-state index is -1.19. The van der Waals surface area contributed by atoms with Crippen molar-refractivity contribution in [3.05, 3.63) is 47.2 Å². The van der Waals surface area contributed by atoms with Crippen LogP contribution in [0.5, 0.6) is 0 Å². The van der Waals surface area contributed by atoms with Crippen LogP contribution in [0.2, 0.25) is 0 Å². The van der Waals surface area contributed by atoms with Gasteiger partial charge in [0.05, 0.1) is 0 Å². The zero-order valence-corrected chi connectivity index (χ0v) is 13.0. The summed E-state index contributed by atoms with van der Waals surface area (Å²) in [6.07, 6.45) is 2.56. The zero-order valence-electron chi connectivity index (χ0n) is 13.0. The number of nitrogens with one attached hydrogen (secondary N) is 2. The van der Waals surface area contributed by atoms with Crippen molar-refractivity contribution in [2.24, 2.45) is 0 Å². The first-order chi connectivity index (χ1) is 11.5. The molecular formula is C17H17F2N3O2. The van der Waals surface area contributed by atoms with Gasteiger partial charge in [0.15, 0.2) is 0 Å². The van der Waals surface area contributed by atoms with Crippen molar-refractivity contribution in [1.29, 1.82) is 0 Å². The molecule has 1 heterocycles. The number of nitrogens with zero attached hydrogens (tertiary/aromatic N) is 1. The second-order valence-corrected chi connectivity index (χ2v) is 5.85. The number of anilines is 1. The SMILES string of the molecule is Cc1cc(-c2cc(C(O)NC3CC3)c(F)cc2F)cnc1NC=O. The van der Waals surface area contributed by atoms with Crippen molar-refractivity contribution >= 4 is 12.2 Å². The Morgan fingerprint density at radius 2 is 2.04 bits per heavy atom. The van der Waals surface area contributed by atoms with E-state index in [-0.39, 0.29) is 17.2 Å². The second-order valence-electron chi connectivity index (χ2n) is 5.85. The fourth-order valence-electron chi connectivity index (χ4n) is 2.49. The van der Waals surface area contributed by atoms with Crippen LogP contribution in [0, 0.1) is 18.6 Å². The number of aliphatic hydroxyl groups excluding tert-OH is 1. The Hall–Kier alpha value is -2.38. The van der Waals surface area contributed by atoms with Crippen molar-refractivity contribution in [3.63, 3.8) is 0 Å². The summed E-state index contributed by atoms with van der Waals surface area (Å²) >= 11 is 0. The first-order valence-corrected chi connectivity index (χ1v) is 7.60. The number of carbonyl (C=O) groups is 1. The molecule has 1 aliphatic carbocycles. The van der Waals surface area contributed by atoms with Crippen molar-refractivity contribution in [2.45, 2.75) is 32.0 Å².